The van der Waals surface area contributed by atoms with Gasteiger partial charge in [0.05, 0.1) is 90.8 Å². The number of rotatable bonds is 15. The highest BCUT2D eigenvalue weighted by atomic mass is 127. The molecule has 5 fully saturated rings. The molecule has 428 valence electrons. The molecule has 5 aliphatic rings. The third-order valence-corrected chi connectivity index (χ3v) is 18.3. The molecule has 2 bridgehead atoms. The van der Waals surface area contributed by atoms with Crippen molar-refractivity contribution < 1.29 is 16.9 Å². The summed E-state index contributed by atoms with van der Waals surface area (Å²) in [5, 5.41) is 40.4. The van der Waals surface area contributed by atoms with Gasteiger partial charge in [-0.2, -0.15) is 30.9 Å². The molecule has 0 saturated carbocycles. The summed E-state index contributed by atoms with van der Waals surface area (Å²) in [6.45, 7) is 14.3. The largest absolute Gasteiger partial charge is 0.381 e. The van der Waals surface area contributed by atoms with Gasteiger partial charge in [0.15, 0.2) is 0 Å². The molecule has 1 aromatic carbocycles. The van der Waals surface area contributed by atoms with Crippen molar-refractivity contribution in [3.63, 3.8) is 0 Å². The van der Waals surface area contributed by atoms with E-state index in [0.717, 1.165) is 105 Å². The molecule has 0 spiro atoms. The van der Waals surface area contributed by atoms with Crippen molar-refractivity contribution in [1.29, 1.82) is 10.5 Å². The van der Waals surface area contributed by atoms with Crippen molar-refractivity contribution in [2.24, 2.45) is 5.92 Å². The Morgan fingerprint density at radius 3 is 1.98 bits per heavy atom. The molecule has 0 aliphatic carbocycles. The van der Waals surface area contributed by atoms with Crippen molar-refractivity contribution in [1.82, 2.24) is 68.5 Å². The quantitative estimate of drug-likeness (QED) is 0.0702. The van der Waals surface area contributed by atoms with Gasteiger partial charge in [0.2, 0.25) is 0 Å². The van der Waals surface area contributed by atoms with Crippen molar-refractivity contribution in [3.8, 4) is 57.2 Å². The fourth-order valence-corrected chi connectivity index (χ4v) is 13.3. The molecule has 5 aliphatic heterocycles. The molecule has 23 heteroatoms. The molecule has 5 saturated heterocycles. The first-order chi connectivity index (χ1) is 41.1. The average Bonchev–Trinajstić information content (AvgIpc) is 2.97. The zero-order chi connectivity index (χ0) is 57.2. The van der Waals surface area contributed by atoms with E-state index in [2.05, 4.69) is 61.8 Å². The Morgan fingerprint density at radius 1 is 0.690 bits per heavy atom. The lowest BCUT2D eigenvalue weighted by Crippen LogP contribution is -2.65. The topological polar surface area (TPSA) is 210 Å². The fourth-order valence-electron chi connectivity index (χ4n) is 12.9. The van der Waals surface area contributed by atoms with Gasteiger partial charge in [-0.1, -0.05) is 12.1 Å². The maximum Gasteiger partial charge on any atom is 0.128 e. The Kier molecular flexibility index (Phi) is 14.6. The van der Waals surface area contributed by atoms with Crippen LogP contribution in [0.25, 0.3) is 56.1 Å². The van der Waals surface area contributed by atoms with Gasteiger partial charge in [0, 0.05) is 124 Å². The molecule has 7 unspecified atom stereocenters. The summed E-state index contributed by atoms with van der Waals surface area (Å²) in [6.07, 6.45) is 19.8. The van der Waals surface area contributed by atoms with Crippen LogP contribution >= 0.6 is 23.0 Å². The summed E-state index contributed by atoms with van der Waals surface area (Å²) < 4.78 is 38.6. The van der Waals surface area contributed by atoms with E-state index >= 15 is 0 Å². The lowest BCUT2D eigenvalue weighted by atomic mass is 9.95. The van der Waals surface area contributed by atoms with Crippen molar-refractivity contribution in [3.05, 3.63) is 133 Å². The number of morpholine rings is 1. The van der Waals surface area contributed by atoms with E-state index in [1.54, 1.807) is 27.6 Å². The number of halogens is 2. The number of anilines is 2. The highest BCUT2D eigenvalue weighted by Crippen LogP contribution is 2.39. The first-order valence-corrected chi connectivity index (χ1v) is 29.8. The SMILES string of the molecule is CC(C)n1cc(-c2cn3nc(CC(C)n4cc(-c5cn6ncc(C#N)c6c(-c6ccc(N7CC8COCC(C7)N8CC7CCOCC7)nc6)n5)cn4)c(C#N)c3c(-c3ccc(N4CC(OI)CN5C(Cc6ccc(F)cc6)C5C4)nc3)n2)cn1. The van der Waals surface area contributed by atoms with E-state index in [9.17, 15) is 14.9 Å². The number of hydrogen-bond donors (Lipinski definition) is 0. The number of hydrogen-bond acceptors (Lipinski definition) is 17. The molecule has 84 heavy (non-hydrogen) atoms. The van der Waals surface area contributed by atoms with E-state index in [1.807, 2.05) is 107 Å². The van der Waals surface area contributed by atoms with Gasteiger partial charge in [-0.3, -0.25) is 19.2 Å². The van der Waals surface area contributed by atoms with E-state index in [1.165, 1.54) is 12.1 Å². The molecule has 13 heterocycles. The Morgan fingerprint density at radius 2 is 1.35 bits per heavy atom. The number of nitriles is 2. The van der Waals surface area contributed by atoms with E-state index in [4.69, 9.17) is 42.7 Å². The molecule has 21 nitrogen and oxygen atoms in total. The first-order valence-electron chi connectivity index (χ1n) is 28.9. The second kappa shape index (κ2) is 22.7. The van der Waals surface area contributed by atoms with Crippen LogP contribution < -0.4 is 9.80 Å². The highest BCUT2D eigenvalue weighted by Gasteiger charge is 2.51. The molecule has 0 radical (unpaired) electrons. The van der Waals surface area contributed by atoms with Gasteiger partial charge in [0.1, 0.15) is 80.9 Å². The standard InChI is InChI=1S/C61H62FIN18O3/c1-37(2)78-26-44(23-68-78)53-33-81-61(59(72-53)42-7-11-57(67-21-42)75-30-49(84-63)31-77-54(55(77)34-75)17-39-4-8-46(62)9-5-39)50(19-65)51(73-81)16-38(3)79-27-45(24-69-79)52-32-80-60(43(18-64)22-70-80)58(71-52)41-6-10-56(66-20-41)74-28-47-35-83-36-48(29-74)76(47)25-40-12-14-82-15-13-40/h4-11,20-24,26-27,32-33,37-38,40,47-49,54-55H,12-17,25,28-31,34-36H2,1-3H3. The van der Waals surface area contributed by atoms with Gasteiger partial charge in [-0.15, -0.1) is 0 Å². The number of piperazine rings is 1. The minimum atomic E-state index is -0.247. The zero-order valence-corrected chi connectivity index (χ0v) is 49.0. The minimum Gasteiger partial charge on any atom is -0.381 e. The molecule has 8 aromatic heterocycles. The Hall–Kier alpha value is -7.78. The van der Waals surface area contributed by atoms with E-state index in [0.29, 0.717) is 107 Å². The van der Waals surface area contributed by atoms with Crippen LogP contribution in [-0.4, -0.2) is 164 Å². The number of aromatic nitrogens is 12. The van der Waals surface area contributed by atoms with Gasteiger partial charge < -0.3 is 22.3 Å². The Balaban J connectivity index is 0.728. The predicted molar refractivity (Wildman–Crippen MR) is 319 cm³/mol. The monoisotopic (exact) mass is 1240 g/mol. The molecule has 0 amide bonds. The number of pyridine rings is 2. The lowest BCUT2D eigenvalue weighted by molar-refractivity contribution is -0.0704. The maximum atomic E-state index is 13.7. The third-order valence-electron chi connectivity index (χ3n) is 17.5. The Bertz CT molecular complexity index is 3940. The molecule has 9 aromatic rings. The summed E-state index contributed by atoms with van der Waals surface area (Å²) >= 11 is 2.00. The number of nitrogens with zero attached hydrogens (tertiary/aromatic N) is 18. The van der Waals surface area contributed by atoms with Crippen molar-refractivity contribution in [2.75, 3.05) is 75.5 Å². The summed E-state index contributed by atoms with van der Waals surface area (Å²) in [5.41, 5.74) is 9.17. The summed E-state index contributed by atoms with van der Waals surface area (Å²) in [7, 11) is 0. The van der Waals surface area contributed by atoms with Gasteiger partial charge in [-0.25, -0.2) is 33.4 Å². The normalized spacial score (nSPS) is 22.3. The van der Waals surface area contributed by atoms with Crippen LogP contribution in [0.15, 0.2) is 104 Å². The first kappa shape index (κ1) is 54.2. The highest BCUT2D eigenvalue weighted by molar-refractivity contribution is 14.1. The third kappa shape index (κ3) is 10.4. The summed E-state index contributed by atoms with van der Waals surface area (Å²) in [5.74, 6) is 2.13. The van der Waals surface area contributed by atoms with Crippen LogP contribution in [-0.2, 0) is 25.4 Å². The number of ether oxygens (including phenoxy) is 2. The smallest absolute Gasteiger partial charge is 0.128 e. The van der Waals surface area contributed by atoms with Crippen LogP contribution in [0.4, 0.5) is 16.0 Å². The maximum absolute atomic E-state index is 13.7. The van der Waals surface area contributed by atoms with Crippen LogP contribution in [0, 0.1) is 34.4 Å². The van der Waals surface area contributed by atoms with Crippen LogP contribution in [0.3, 0.4) is 0 Å². The lowest BCUT2D eigenvalue weighted by Gasteiger charge is -2.51. The van der Waals surface area contributed by atoms with E-state index in [-0.39, 0.29) is 24.0 Å². The van der Waals surface area contributed by atoms with Crippen LogP contribution in [0.2, 0.25) is 0 Å². The van der Waals surface area contributed by atoms with E-state index < -0.39 is 0 Å². The Labute approximate surface area is 498 Å². The second-order valence-electron chi connectivity index (χ2n) is 23.3. The van der Waals surface area contributed by atoms with Crippen LogP contribution in [0.1, 0.15) is 68.1 Å². The summed E-state index contributed by atoms with van der Waals surface area (Å²) in [6, 6.07) is 20.8. The second-order valence-corrected chi connectivity index (χ2v) is 23.8. The zero-order valence-electron chi connectivity index (χ0n) is 46.9. The molecule has 7 atom stereocenters. The summed E-state index contributed by atoms with van der Waals surface area (Å²) in [4.78, 5) is 30.3. The molecular formula is C61H62FIN18O3. The predicted octanol–water partition coefficient (Wildman–Crippen LogP) is 8.06. The number of benzene rings is 1. The van der Waals surface area contributed by atoms with Gasteiger partial charge >= 0.3 is 0 Å². The van der Waals surface area contributed by atoms with Gasteiger partial charge in [0.25, 0.3) is 0 Å². The fraction of sp³-hybridized carbons (Fsp3) is 0.410. The molecule has 0 N–H and O–H groups in total. The van der Waals surface area contributed by atoms with Crippen molar-refractivity contribution >= 4 is 45.7 Å². The molecule has 14 rings (SSSR count). The van der Waals surface area contributed by atoms with Crippen LogP contribution in [0.5, 0.6) is 0 Å². The average molecular weight is 1240 g/mol. The number of fused-ring (bicyclic) bond motifs is 5. The minimum absolute atomic E-state index is 0.0395. The van der Waals surface area contributed by atoms with Gasteiger partial charge in [-0.05, 0) is 87.9 Å². The van der Waals surface area contributed by atoms with Crippen molar-refractivity contribution in [2.45, 2.75) is 88.8 Å². The molecular weight excluding hydrogens is 1180 g/mol.